The number of hydrogen-bond acceptors (Lipinski definition) is 4. The highest BCUT2D eigenvalue weighted by molar-refractivity contribution is 7.99. The van der Waals surface area contributed by atoms with Gasteiger partial charge in [0.15, 0.2) is 0 Å². The van der Waals surface area contributed by atoms with Crippen molar-refractivity contribution in [1.29, 1.82) is 0 Å². The third-order valence-electron chi connectivity index (χ3n) is 4.09. The molecule has 27 heavy (non-hydrogen) atoms. The molecule has 3 aromatic rings. The molecule has 5 nitrogen and oxygen atoms in total. The van der Waals surface area contributed by atoms with E-state index in [1.54, 1.807) is 36.7 Å². The summed E-state index contributed by atoms with van der Waals surface area (Å²) in [7, 11) is 0. The summed E-state index contributed by atoms with van der Waals surface area (Å²) in [5, 5.41) is 5.43. The summed E-state index contributed by atoms with van der Waals surface area (Å²) in [5.74, 6) is -1.48. The summed E-state index contributed by atoms with van der Waals surface area (Å²) < 4.78 is 14.6. The number of rotatable bonds is 3. The lowest BCUT2D eigenvalue weighted by atomic mass is 10.1. The largest absolute Gasteiger partial charge is 0.348 e. The van der Waals surface area contributed by atoms with Crippen molar-refractivity contribution in [3.63, 3.8) is 0 Å². The third-order valence-corrected chi connectivity index (χ3v) is 5.22. The van der Waals surface area contributed by atoms with Gasteiger partial charge in [-0.3, -0.25) is 14.6 Å². The number of nitrogens with one attached hydrogen (secondary N) is 2. The Labute approximate surface area is 159 Å². The highest BCUT2D eigenvalue weighted by Crippen LogP contribution is 2.39. The van der Waals surface area contributed by atoms with Crippen LogP contribution in [0.5, 0.6) is 0 Å². The van der Waals surface area contributed by atoms with E-state index in [9.17, 15) is 14.0 Å². The van der Waals surface area contributed by atoms with Crippen molar-refractivity contribution in [2.75, 3.05) is 5.32 Å². The summed E-state index contributed by atoms with van der Waals surface area (Å²) in [6.45, 7) is 0.232. The molecule has 0 aliphatic carbocycles. The predicted octanol–water partition coefficient (Wildman–Crippen LogP) is 3.87. The van der Waals surface area contributed by atoms with Crippen LogP contribution >= 0.6 is 11.8 Å². The second-order valence-corrected chi connectivity index (χ2v) is 7.01. The molecule has 7 heteroatoms. The van der Waals surface area contributed by atoms with Crippen LogP contribution < -0.4 is 10.6 Å². The van der Waals surface area contributed by atoms with Gasteiger partial charge in [0.2, 0.25) is 0 Å². The predicted molar refractivity (Wildman–Crippen MR) is 100 cm³/mol. The van der Waals surface area contributed by atoms with Gasteiger partial charge in [-0.15, -0.1) is 0 Å². The molecule has 0 saturated heterocycles. The van der Waals surface area contributed by atoms with Crippen molar-refractivity contribution in [3.05, 3.63) is 83.4 Å². The minimum Gasteiger partial charge on any atom is -0.348 e. The quantitative estimate of drug-likeness (QED) is 0.725. The van der Waals surface area contributed by atoms with E-state index >= 15 is 0 Å². The fourth-order valence-corrected chi connectivity index (χ4v) is 3.78. The molecule has 2 N–H and O–H groups in total. The van der Waals surface area contributed by atoms with E-state index in [-0.39, 0.29) is 18.0 Å². The SMILES string of the molecule is O=C(NCc1cccnc1)c1cc2c(cc1F)Sc1ccccc1C(=O)N2. The maximum absolute atomic E-state index is 14.6. The molecule has 0 atom stereocenters. The van der Waals surface area contributed by atoms with Gasteiger partial charge in [0, 0.05) is 28.7 Å². The summed E-state index contributed by atoms with van der Waals surface area (Å²) in [5.41, 5.74) is 1.61. The number of nitrogens with zero attached hydrogens (tertiary/aromatic N) is 1. The number of hydrogen-bond donors (Lipinski definition) is 2. The number of anilines is 1. The number of fused-ring (bicyclic) bond motifs is 2. The number of benzene rings is 2. The number of pyridine rings is 1. The Morgan fingerprint density at radius 3 is 2.81 bits per heavy atom. The highest BCUT2D eigenvalue weighted by atomic mass is 32.2. The average molecular weight is 379 g/mol. The minimum absolute atomic E-state index is 0.121. The van der Waals surface area contributed by atoms with Gasteiger partial charge in [0.25, 0.3) is 11.8 Å². The van der Waals surface area contributed by atoms with Crippen LogP contribution in [0, 0.1) is 5.82 Å². The highest BCUT2D eigenvalue weighted by Gasteiger charge is 2.23. The van der Waals surface area contributed by atoms with Crippen molar-refractivity contribution < 1.29 is 14.0 Å². The summed E-state index contributed by atoms with van der Waals surface area (Å²) in [4.78, 5) is 30.1. The molecule has 134 valence electrons. The lowest BCUT2D eigenvalue weighted by Crippen LogP contribution is -2.24. The van der Waals surface area contributed by atoms with Gasteiger partial charge in [0.1, 0.15) is 5.82 Å². The molecule has 2 heterocycles. The van der Waals surface area contributed by atoms with Crippen LogP contribution in [0.1, 0.15) is 26.3 Å². The second-order valence-electron chi connectivity index (χ2n) is 5.92. The zero-order valence-electron chi connectivity index (χ0n) is 14.0. The molecule has 1 aliphatic heterocycles. The van der Waals surface area contributed by atoms with Gasteiger partial charge in [-0.1, -0.05) is 30.0 Å². The average Bonchev–Trinajstić information content (AvgIpc) is 2.82. The lowest BCUT2D eigenvalue weighted by Gasteiger charge is -2.11. The van der Waals surface area contributed by atoms with Crippen LogP contribution in [0.2, 0.25) is 0 Å². The molecular weight excluding hydrogens is 365 g/mol. The van der Waals surface area contributed by atoms with Gasteiger partial charge >= 0.3 is 0 Å². The monoisotopic (exact) mass is 379 g/mol. The molecule has 0 radical (unpaired) electrons. The minimum atomic E-state index is -0.640. The van der Waals surface area contributed by atoms with Crippen molar-refractivity contribution in [2.45, 2.75) is 16.3 Å². The number of carbonyl (C=O) groups excluding carboxylic acids is 2. The van der Waals surface area contributed by atoms with E-state index in [1.807, 2.05) is 12.1 Å². The first-order valence-corrected chi connectivity index (χ1v) is 9.02. The molecule has 2 aromatic carbocycles. The van der Waals surface area contributed by atoms with Crippen LogP contribution in [0.15, 0.2) is 70.7 Å². The fraction of sp³-hybridized carbons (Fsp3) is 0.0500. The Hall–Kier alpha value is -3.19. The van der Waals surface area contributed by atoms with Gasteiger partial charge in [-0.2, -0.15) is 0 Å². The molecule has 0 bridgehead atoms. The molecule has 4 rings (SSSR count). The summed E-state index contributed by atoms with van der Waals surface area (Å²) in [6.07, 6.45) is 3.26. The van der Waals surface area contributed by atoms with Crippen LogP contribution in [0.4, 0.5) is 10.1 Å². The van der Waals surface area contributed by atoms with Gasteiger partial charge < -0.3 is 10.6 Å². The lowest BCUT2D eigenvalue weighted by molar-refractivity contribution is 0.0945. The zero-order chi connectivity index (χ0) is 18.8. The Kier molecular flexibility index (Phi) is 4.60. The van der Waals surface area contributed by atoms with Gasteiger partial charge in [-0.25, -0.2) is 4.39 Å². The van der Waals surface area contributed by atoms with E-state index in [1.165, 1.54) is 23.9 Å². The zero-order valence-corrected chi connectivity index (χ0v) is 14.8. The van der Waals surface area contributed by atoms with Gasteiger partial charge in [0.05, 0.1) is 16.8 Å². The molecule has 0 unspecified atom stereocenters. The Bertz CT molecular complexity index is 1040. The Balaban J connectivity index is 1.61. The molecule has 2 amide bonds. The van der Waals surface area contributed by atoms with Crippen molar-refractivity contribution in [2.24, 2.45) is 0 Å². The molecular formula is C20H14FN3O2S. The van der Waals surface area contributed by atoms with E-state index < -0.39 is 11.7 Å². The van der Waals surface area contributed by atoms with Crippen molar-refractivity contribution in [3.8, 4) is 0 Å². The summed E-state index contributed by atoms with van der Waals surface area (Å²) in [6, 6.07) is 13.3. The van der Waals surface area contributed by atoms with Gasteiger partial charge in [-0.05, 0) is 35.9 Å². The number of amides is 2. The third kappa shape index (κ3) is 3.54. The molecule has 1 aliphatic rings. The topological polar surface area (TPSA) is 71.1 Å². The van der Waals surface area contributed by atoms with Crippen LogP contribution in [-0.4, -0.2) is 16.8 Å². The standard InChI is InChI=1S/C20H14FN3O2S/c21-15-9-18-16(24-20(26)13-5-1-2-6-17(13)27-18)8-14(15)19(25)23-11-12-4-3-7-22-10-12/h1-10H,11H2,(H,23,25)(H,24,26). The number of halogens is 1. The van der Waals surface area contributed by atoms with Crippen LogP contribution in [0.25, 0.3) is 0 Å². The number of aromatic nitrogens is 1. The number of carbonyl (C=O) groups is 2. The molecule has 0 fully saturated rings. The van der Waals surface area contributed by atoms with Crippen molar-refractivity contribution >= 4 is 29.3 Å². The first-order chi connectivity index (χ1) is 13.1. The molecule has 0 spiro atoms. The first kappa shape index (κ1) is 17.2. The van der Waals surface area contributed by atoms with E-state index in [2.05, 4.69) is 15.6 Å². The smallest absolute Gasteiger partial charge is 0.256 e. The second kappa shape index (κ2) is 7.20. The molecule has 1 aromatic heterocycles. The fourth-order valence-electron chi connectivity index (χ4n) is 2.74. The summed E-state index contributed by atoms with van der Waals surface area (Å²) >= 11 is 1.29. The normalized spacial score (nSPS) is 12.4. The molecule has 0 saturated carbocycles. The maximum atomic E-state index is 14.6. The van der Waals surface area contributed by atoms with E-state index in [0.717, 1.165) is 10.5 Å². The van der Waals surface area contributed by atoms with E-state index in [0.29, 0.717) is 16.1 Å². The first-order valence-electron chi connectivity index (χ1n) is 8.21. The van der Waals surface area contributed by atoms with Crippen LogP contribution in [-0.2, 0) is 6.54 Å². The van der Waals surface area contributed by atoms with E-state index in [4.69, 9.17) is 0 Å². The maximum Gasteiger partial charge on any atom is 0.256 e. The van der Waals surface area contributed by atoms with Crippen LogP contribution in [0.3, 0.4) is 0 Å². The van der Waals surface area contributed by atoms with Crippen molar-refractivity contribution in [1.82, 2.24) is 10.3 Å². The Morgan fingerprint density at radius 2 is 2.00 bits per heavy atom. The Morgan fingerprint density at radius 1 is 1.15 bits per heavy atom.